The van der Waals surface area contributed by atoms with Crippen molar-refractivity contribution in [1.29, 1.82) is 0 Å². The number of rotatable bonds is 8. The van der Waals surface area contributed by atoms with Gasteiger partial charge < -0.3 is 9.80 Å². The summed E-state index contributed by atoms with van der Waals surface area (Å²) in [4.78, 5) is 8.74. The van der Waals surface area contributed by atoms with E-state index in [2.05, 4.69) is 104 Å². The number of hydrogen-bond donors (Lipinski definition) is 0. The first-order chi connectivity index (χ1) is 14.5. The molecule has 0 fully saturated rings. The summed E-state index contributed by atoms with van der Waals surface area (Å²) in [6, 6.07) is 25.1. The SMILES string of the molecule is C=C/C=C(/c1cc(C)c(N=C)c(N(C)c2ccccc2)c1)N(C)Cc1ccccc1. The Balaban J connectivity index is 2.04. The molecule has 0 aromatic heterocycles. The minimum Gasteiger partial charge on any atom is -0.370 e. The van der Waals surface area contributed by atoms with Crippen LogP contribution < -0.4 is 4.90 Å². The van der Waals surface area contributed by atoms with Crippen molar-refractivity contribution < 1.29 is 0 Å². The van der Waals surface area contributed by atoms with Crippen LogP contribution in [0.2, 0.25) is 0 Å². The van der Waals surface area contributed by atoms with Crippen molar-refractivity contribution >= 4 is 29.5 Å². The van der Waals surface area contributed by atoms with Gasteiger partial charge in [-0.1, -0.05) is 61.2 Å². The molecule has 0 aliphatic rings. The molecule has 30 heavy (non-hydrogen) atoms. The molecule has 0 saturated carbocycles. The van der Waals surface area contributed by atoms with Crippen molar-refractivity contribution in [2.24, 2.45) is 4.99 Å². The number of anilines is 2. The minimum absolute atomic E-state index is 0.810. The van der Waals surface area contributed by atoms with Crippen LogP contribution in [-0.4, -0.2) is 25.7 Å². The number of aryl methyl sites for hydroxylation is 1. The summed E-state index contributed by atoms with van der Waals surface area (Å²) in [5.74, 6) is 0. The second-order valence-electron chi connectivity index (χ2n) is 7.34. The Morgan fingerprint density at radius 1 is 0.967 bits per heavy atom. The zero-order valence-corrected chi connectivity index (χ0v) is 18.0. The first-order valence-electron chi connectivity index (χ1n) is 10.0. The van der Waals surface area contributed by atoms with Crippen molar-refractivity contribution in [2.45, 2.75) is 13.5 Å². The predicted molar refractivity (Wildman–Crippen MR) is 131 cm³/mol. The lowest BCUT2D eigenvalue weighted by Gasteiger charge is -2.27. The van der Waals surface area contributed by atoms with Crippen LogP contribution in [0.5, 0.6) is 0 Å². The van der Waals surface area contributed by atoms with Crippen LogP contribution in [0.3, 0.4) is 0 Å². The fourth-order valence-electron chi connectivity index (χ4n) is 3.66. The summed E-state index contributed by atoms with van der Waals surface area (Å²) in [5.41, 5.74) is 7.60. The molecule has 0 N–H and O–H groups in total. The van der Waals surface area contributed by atoms with Gasteiger partial charge in [0.15, 0.2) is 0 Å². The van der Waals surface area contributed by atoms with Crippen LogP contribution in [0.1, 0.15) is 16.7 Å². The van der Waals surface area contributed by atoms with Crippen LogP contribution in [0.4, 0.5) is 17.1 Å². The highest BCUT2D eigenvalue weighted by Crippen LogP contribution is 2.38. The van der Waals surface area contributed by atoms with E-state index in [9.17, 15) is 0 Å². The predicted octanol–water partition coefficient (Wildman–Crippen LogP) is 6.75. The van der Waals surface area contributed by atoms with Gasteiger partial charge in [-0.25, -0.2) is 0 Å². The largest absolute Gasteiger partial charge is 0.370 e. The molecule has 3 nitrogen and oxygen atoms in total. The minimum atomic E-state index is 0.810. The van der Waals surface area contributed by atoms with E-state index in [1.807, 2.05) is 30.3 Å². The molecule has 152 valence electrons. The highest BCUT2D eigenvalue weighted by Gasteiger charge is 2.16. The molecule has 3 aromatic rings. The molecule has 3 rings (SSSR count). The molecule has 0 atom stereocenters. The molecular weight excluding hydrogens is 366 g/mol. The molecule has 0 bridgehead atoms. The lowest BCUT2D eigenvalue weighted by atomic mass is 10.0. The third kappa shape index (κ3) is 4.69. The summed E-state index contributed by atoms with van der Waals surface area (Å²) in [6.45, 7) is 10.6. The monoisotopic (exact) mass is 395 g/mol. The van der Waals surface area contributed by atoms with Crippen LogP contribution in [0.15, 0.2) is 96.5 Å². The molecule has 0 aliphatic carbocycles. The summed E-state index contributed by atoms with van der Waals surface area (Å²) in [7, 11) is 4.17. The molecule has 0 unspecified atom stereocenters. The van der Waals surface area contributed by atoms with E-state index in [0.29, 0.717) is 0 Å². The third-order valence-corrected chi connectivity index (χ3v) is 5.19. The average molecular weight is 396 g/mol. The second-order valence-corrected chi connectivity index (χ2v) is 7.34. The van der Waals surface area contributed by atoms with Crippen LogP contribution in [0, 0.1) is 6.92 Å². The normalized spacial score (nSPS) is 11.1. The van der Waals surface area contributed by atoms with Gasteiger partial charge in [0.25, 0.3) is 0 Å². The summed E-state index contributed by atoms with van der Waals surface area (Å²) >= 11 is 0. The highest BCUT2D eigenvalue weighted by molar-refractivity contribution is 5.82. The first-order valence-corrected chi connectivity index (χ1v) is 10.0. The Hall–Kier alpha value is -3.59. The number of nitrogens with zero attached hydrogens (tertiary/aromatic N) is 3. The van der Waals surface area contributed by atoms with E-state index in [-0.39, 0.29) is 0 Å². The number of aliphatic imine (C=N–C) groups is 1. The van der Waals surface area contributed by atoms with Gasteiger partial charge in [-0.05, 0) is 55.1 Å². The zero-order chi connectivity index (χ0) is 21.5. The first kappa shape index (κ1) is 21.1. The van der Waals surface area contributed by atoms with E-state index in [1.54, 1.807) is 0 Å². The van der Waals surface area contributed by atoms with Crippen LogP contribution in [-0.2, 0) is 6.54 Å². The van der Waals surface area contributed by atoms with Gasteiger partial charge in [0.1, 0.15) is 0 Å². The average Bonchev–Trinajstić information content (AvgIpc) is 2.77. The van der Waals surface area contributed by atoms with E-state index in [1.165, 1.54) is 5.56 Å². The Labute approximate surface area is 180 Å². The third-order valence-electron chi connectivity index (χ3n) is 5.19. The quantitative estimate of drug-likeness (QED) is 0.310. The molecule has 0 heterocycles. The smallest absolute Gasteiger partial charge is 0.0888 e. The van der Waals surface area contributed by atoms with Crippen LogP contribution >= 0.6 is 0 Å². The van der Waals surface area contributed by atoms with Crippen molar-refractivity contribution in [3.63, 3.8) is 0 Å². The van der Waals surface area contributed by atoms with E-state index in [4.69, 9.17) is 0 Å². The lowest BCUT2D eigenvalue weighted by molar-refractivity contribution is 0.475. The standard InChI is InChI=1S/C27H29N3/c1-6-13-25(29(4)20-22-14-9-7-10-15-22)23-18-21(2)27(28-3)26(19-23)30(5)24-16-11-8-12-17-24/h6-19H,1,3,20H2,2,4-5H3/b25-13-. The number of hydrogen-bond acceptors (Lipinski definition) is 3. The zero-order valence-electron chi connectivity index (χ0n) is 18.0. The molecule has 0 radical (unpaired) electrons. The Morgan fingerprint density at radius 3 is 2.20 bits per heavy atom. The highest BCUT2D eigenvalue weighted by atomic mass is 15.1. The van der Waals surface area contributed by atoms with Crippen molar-refractivity contribution in [2.75, 3.05) is 19.0 Å². The van der Waals surface area contributed by atoms with Gasteiger partial charge in [0.05, 0.1) is 11.4 Å². The van der Waals surface area contributed by atoms with E-state index in [0.717, 1.165) is 40.4 Å². The van der Waals surface area contributed by atoms with E-state index >= 15 is 0 Å². The molecule has 0 amide bonds. The summed E-state index contributed by atoms with van der Waals surface area (Å²) in [5, 5.41) is 0. The molecule has 0 spiro atoms. The maximum atomic E-state index is 4.33. The number of para-hydroxylation sites is 1. The van der Waals surface area contributed by atoms with Gasteiger partial charge in [-0.3, -0.25) is 4.99 Å². The Morgan fingerprint density at radius 2 is 1.60 bits per heavy atom. The van der Waals surface area contributed by atoms with Gasteiger partial charge in [-0.2, -0.15) is 0 Å². The maximum absolute atomic E-state index is 4.33. The molecule has 0 aliphatic heterocycles. The molecule has 3 aromatic carbocycles. The summed E-state index contributed by atoms with van der Waals surface area (Å²) < 4.78 is 0. The fourth-order valence-corrected chi connectivity index (χ4v) is 3.66. The Bertz CT molecular complexity index is 1040. The van der Waals surface area contributed by atoms with Gasteiger partial charge in [-0.15, -0.1) is 0 Å². The maximum Gasteiger partial charge on any atom is 0.0888 e. The summed E-state index contributed by atoms with van der Waals surface area (Å²) in [6.07, 6.45) is 3.90. The Kier molecular flexibility index (Phi) is 6.87. The van der Waals surface area contributed by atoms with Gasteiger partial charge in [0, 0.05) is 37.6 Å². The molecule has 3 heteroatoms. The second kappa shape index (κ2) is 9.75. The van der Waals surface area contributed by atoms with E-state index < -0.39 is 0 Å². The van der Waals surface area contributed by atoms with Crippen molar-refractivity contribution in [3.05, 3.63) is 108 Å². The molecular formula is C27H29N3. The molecule has 0 saturated heterocycles. The van der Waals surface area contributed by atoms with Crippen molar-refractivity contribution in [3.8, 4) is 0 Å². The number of benzene rings is 3. The topological polar surface area (TPSA) is 18.8 Å². The van der Waals surface area contributed by atoms with Gasteiger partial charge >= 0.3 is 0 Å². The van der Waals surface area contributed by atoms with Gasteiger partial charge in [0.2, 0.25) is 0 Å². The van der Waals surface area contributed by atoms with Crippen LogP contribution in [0.25, 0.3) is 5.70 Å². The van der Waals surface area contributed by atoms with Crippen molar-refractivity contribution in [1.82, 2.24) is 4.90 Å². The fraction of sp³-hybridized carbons (Fsp3) is 0.148. The lowest BCUT2D eigenvalue weighted by Crippen LogP contribution is -2.17. The number of allylic oxidation sites excluding steroid dienone is 2.